The van der Waals surface area contributed by atoms with Crippen LogP contribution < -0.4 is 0 Å². The van der Waals surface area contributed by atoms with Crippen LogP contribution in [0.4, 0.5) is 4.79 Å². The van der Waals surface area contributed by atoms with E-state index in [1.165, 1.54) is 29.7 Å². The number of allylic oxidation sites excluding steroid dienone is 1. The lowest BCUT2D eigenvalue weighted by Crippen LogP contribution is -2.39. The van der Waals surface area contributed by atoms with Crippen LogP contribution in [0.5, 0.6) is 0 Å². The molecule has 1 saturated carbocycles. The van der Waals surface area contributed by atoms with Gasteiger partial charge in [-0.3, -0.25) is 4.79 Å². The molecule has 0 radical (unpaired) electrons. The van der Waals surface area contributed by atoms with Crippen molar-refractivity contribution in [3.05, 3.63) is 83.4 Å². The molecule has 2 atom stereocenters. The van der Waals surface area contributed by atoms with Gasteiger partial charge in [0.15, 0.2) is 0 Å². The van der Waals surface area contributed by atoms with E-state index in [-0.39, 0.29) is 24.5 Å². The summed E-state index contributed by atoms with van der Waals surface area (Å²) in [4.78, 5) is 27.4. The molecule has 1 heterocycles. The Hall–Kier alpha value is -2.88. The van der Waals surface area contributed by atoms with E-state index in [1.807, 2.05) is 60.7 Å². The third-order valence-electron chi connectivity index (χ3n) is 5.84. The molecule has 150 valence electrons. The van der Waals surface area contributed by atoms with Gasteiger partial charge in [-0.2, -0.15) is 0 Å². The van der Waals surface area contributed by atoms with Gasteiger partial charge < -0.3 is 4.74 Å². The summed E-state index contributed by atoms with van der Waals surface area (Å²) in [5.74, 6) is -0.523. The van der Waals surface area contributed by atoms with Gasteiger partial charge in [-0.25, -0.2) is 9.69 Å². The van der Waals surface area contributed by atoms with Crippen LogP contribution in [0.15, 0.2) is 72.3 Å². The molecule has 2 fully saturated rings. The molecular formula is C25H27NO3. The lowest BCUT2D eigenvalue weighted by atomic mass is 9.88. The molecule has 2 amide bonds. The molecule has 4 rings (SSSR count). The number of cyclic esters (lactones) is 1. The standard InChI is InChI=1S/C25H27NO3/c27-24(26-23(18-29-25(26)28)21-14-8-3-9-15-21)22(16-19-10-4-1-5-11-19)17-20-12-6-2-7-13-20/h1,3-5,8-11,14-15,17,22-23H,2,6-7,12-13,16,18H2/t22-,23+/m1/s1. The SMILES string of the molecule is O=C1OC[C@@H](c2ccccc2)N1C(=O)[C@@H](C=C1CCCCC1)Cc1ccccc1. The number of benzene rings is 2. The fraction of sp³-hybridized carbons (Fsp3) is 0.360. The molecule has 0 aromatic heterocycles. The van der Waals surface area contributed by atoms with Gasteiger partial charge in [0.05, 0.1) is 5.92 Å². The number of nitrogens with zero attached hydrogens (tertiary/aromatic N) is 1. The third kappa shape index (κ3) is 4.58. The van der Waals surface area contributed by atoms with E-state index < -0.39 is 6.09 Å². The molecule has 0 unspecified atom stereocenters. The van der Waals surface area contributed by atoms with Gasteiger partial charge in [-0.15, -0.1) is 0 Å². The van der Waals surface area contributed by atoms with Crippen molar-refractivity contribution >= 4 is 12.0 Å². The van der Waals surface area contributed by atoms with Crippen molar-refractivity contribution in [3.8, 4) is 0 Å². The third-order valence-corrected chi connectivity index (χ3v) is 5.84. The number of carbonyl (C=O) groups excluding carboxylic acids is 2. The van der Waals surface area contributed by atoms with Crippen molar-refractivity contribution in [1.29, 1.82) is 0 Å². The first kappa shape index (κ1) is 19.4. The largest absolute Gasteiger partial charge is 0.446 e. The summed E-state index contributed by atoms with van der Waals surface area (Å²) in [6.07, 6.45) is 7.88. The fourth-order valence-electron chi connectivity index (χ4n) is 4.31. The normalized spacial score (nSPS) is 20.3. The highest BCUT2D eigenvalue weighted by atomic mass is 16.6. The summed E-state index contributed by atoms with van der Waals surface area (Å²) in [7, 11) is 0. The molecule has 2 aromatic rings. The van der Waals surface area contributed by atoms with Crippen molar-refractivity contribution in [2.75, 3.05) is 6.61 Å². The maximum atomic E-state index is 13.6. The lowest BCUT2D eigenvalue weighted by molar-refractivity contribution is -0.132. The number of ether oxygens (including phenoxy) is 1. The molecule has 4 heteroatoms. The van der Waals surface area contributed by atoms with E-state index in [2.05, 4.69) is 6.08 Å². The number of hydrogen-bond acceptors (Lipinski definition) is 3. The topological polar surface area (TPSA) is 46.6 Å². The van der Waals surface area contributed by atoms with Crippen molar-refractivity contribution in [3.63, 3.8) is 0 Å². The van der Waals surface area contributed by atoms with Gasteiger partial charge in [0.25, 0.3) is 0 Å². The molecule has 1 saturated heterocycles. The molecule has 4 nitrogen and oxygen atoms in total. The Bertz CT molecular complexity index is 867. The van der Waals surface area contributed by atoms with E-state index in [0.717, 1.165) is 24.0 Å². The first-order valence-electron chi connectivity index (χ1n) is 10.5. The first-order chi connectivity index (χ1) is 14.2. The number of hydrogen-bond donors (Lipinski definition) is 0. The summed E-state index contributed by atoms with van der Waals surface area (Å²) in [6.45, 7) is 0.212. The van der Waals surface area contributed by atoms with Crippen molar-refractivity contribution in [2.24, 2.45) is 5.92 Å². The van der Waals surface area contributed by atoms with E-state index in [4.69, 9.17) is 4.74 Å². The van der Waals surface area contributed by atoms with Crippen LogP contribution in [0.25, 0.3) is 0 Å². The van der Waals surface area contributed by atoms with Crippen LogP contribution in [0.2, 0.25) is 0 Å². The van der Waals surface area contributed by atoms with Gasteiger partial charge in [0, 0.05) is 0 Å². The Morgan fingerprint density at radius 1 is 1.00 bits per heavy atom. The minimum Gasteiger partial charge on any atom is -0.446 e. The molecule has 0 bridgehead atoms. The van der Waals surface area contributed by atoms with Crippen LogP contribution in [0, 0.1) is 5.92 Å². The van der Waals surface area contributed by atoms with E-state index in [1.54, 1.807) is 0 Å². The van der Waals surface area contributed by atoms with Crippen LogP contribution in [-0.4, -0.2) is 23.5 Å². The average molecular weight is 389 g/mol. The number of imide groups is 1. The zero-order chi connectivity index (χ0) is 20.1. The molecule has 2 aromatic carbocycles. The summed E-state index contributed by atoms with van der Waals surface area (Å²) < 4.78 is 5.29. The summed E-state index contributed by atoms with van der Waals surface area (Å²) >= 11 is 0. The average Bonchev–Trinajstić information content (AvgIpc) is 3.16. The molecule has 0 N–H and O–H groups in total. The maximum absolute atomic E-state index is 13.6. The molecule has 29 heavy (non-hydrogen) atoms. The van der Waals surface area contributed by atoms with Crippen LogP contribution in [-0.2, 0) is 16.0 Å². The van der Waals surface area contributed by atoms with Crippen LogP contribution in [0.3, 0.4) is 0 Å². The highest BCUT2D eigenvalue weighted by Gasteiger charge is 2.41. The fourth-order valence-corrected chi connectivity index (χ4v) is 4.31. The Morgan fingerprint density at radius 3 is 2.34 bits per heavy atom. The second-order valence-electron chi connectivity index (χ2n) is 7.89. The predicted octanol–water partition coefficient (Wildman–Crippen LogP) is 5.46. The molecule has 1 aliphatic carbocycles. The summed E-state index contributed by atoms with van der Waals surface area (Å²) in [5, 5.41) is 0. The lowest BCUT2D eigenvalue weighted by Gasteiger charge is -2.25. The van der Waals surface area contributed by atoms with E-state index in [0.29, 0.717) is 6.42 Å². The Balaban J connectivity index is 1.63. The zero-order valence-corrected chi connectivity index (χ0v) is 16.6. The van der Waals surface area contributed by atoms with Crippen LogP contribution >= 0.6 is 0 Å². The highest BCUT2D eigenvalue weighted by molar-refractivity contribution is 5.96. The number of rotatable bonds is 5. The van der Waals surface area contributed by atoms with Crippen LogP contribution in [0.1, 0.15) is 49.3 Å². The van der Waals surface area contributed by atoms with E-state index in [9.17, 15) is 9.59 Å². The van der Waals surface area contributed by atoms with Gasteiger partial charge >= 0.3 is 6.09 Å². The predicted molar refractivity (Wildman–Crippen MR) is 112 cm³/mol. The number of amides is 2. The van der Waals surface area contributed by atoms with Crippen molar-refractivity contribution in [2.45, 2.75) is 44.6 Å². The van der Waals surface area contributed by atoms with Crippen molar-refractivity contribution in [1.82, 2.24) is 4.90 Å². The van der Waals surface area contributed by atoms with Gasteiger partial charge in [-0.05, 0) is 43.2 Å². The van der Waals surface area contributed by atoms with Gasteiger partial charge in [0.2, 0.25) is 5.91 Å². The number of carbonyl (C=O) groups is 2. The smallest absolute Gasteiger partial charge is 0.417 e. The maximum Gasteiger partial charge on any atom is 0.417 e. The minimum atomic E-state index is -0.538. The minimum absolute atomic E-state index is 0.164. The monoisotopic (exact) mass is 389 g/mol. The Kier molecular flexibility index (Phi) is 6.09. The summed E-state index contributed by atoms with van der Waals surface area (Å²) in [5.41, 5.74) is 3.37. The van der Waals surface area contributed by atoms with Crippen molar-refractivity contribution < 1.29 is 14.3 Å². The van der Waals surface area contributed by atoms with E-state index >= 15 is 0 Å². The van der Waals surface area contributed by atoms with Gasteiger partial charge in [0.1, 0.15) is 12.6 Å². The Morgan fingerprint density at radius 2 is 1.66 bits per heavy atom. The van der Waals surface area contributed by atoms with Gasteiger partial charge in [-0.1, -0.05) is 78.7 Å². The zero-order valence-electron chi connectivity index (χ0n) is 16.6. The molecule has 1 aliphatic heterocycles. The Labute approximate surface area is 172 Å². The summed E-state index contributed by atoms with van der Waals surface area (Å²) in [6, 6.07) is 19.3. The quantitative estimate of drug-likeness (QED) is 0.638. The second-order valence-corrected chi connectivity index (χ2v) is 7.89. The highest BCUT2D eigenvalue weighted by Crippen LogP contribution is 2.32. The first-order valence-corrected chi connectivity index (χ1v) is 10.5. The molecule has 2 aliphatic rings. The molecular weight excluding hydrogens is 362 g/mol. The second kappa shape index (κ2) is 9.08. The molecule has 0 spiro atoms.